The summed E-state index contributed by atoms with van der Waals surface area (Å²) in [6.07, 6.45) is 0. The van der Waals surface area contributed by atoms with Crippen LogP contribution in [-0.2, 0) is 16.2 Å². The average Bonchev–Trinajstić information content (AvgIpc) is 1.68. The first-order valence-corrected chi connectivity index (χ1v) is 39.8. The van der Waals surface area contributed by atoms with Crippen LogP contribution in [0.5, 0.6) is 0 Å². The Bertz CT molecular complexity index is 7080. The lowest BCUT2D eigenvalue weighted by Crippen LogP contribution is -2.61. The van der Waals surface area contributed by atoms with E-state index in [2.05, 4.69) is 391 Å². The van der Waals surface area contributed by atoms with Crippen LogP contribution < -0.4 is 26.2 Å². The maximum atomic E-state index is 10.3. The Kier molecular flexibility index (Phi) is 14.4. The van der Waals surface area contributed by atoms with Crippen molar-refractivity contribution in [2.45, 2.75) is 57.8 Å². The lowest BCUT2D eigenvalue weighted by atomic mass is 9.33. The second-order valence-electron chi connectivity index (χ2n) is 32.8. The highest BCUT2D eigenvalue weighted by atomic mass is 15.2. The lowest BCUT2D eigenvalue weighted by molar-refractivity contribution is 0.569. The monoisotopic (exact) mass is 1480 g/mol. The summed E-state index contributed by atoms with van der Waals surface area (Å²) in [5, 5.41) is -0.0396. The molecule has 21 rings (SSSR count). The molecule has 4 heteroatoms. The predicted molar refractivity (Wildman–Crippen MR) is 488 cm³/mol. The molecule has 0 amide bonds. The zero-order valence-electron chi connectivity index (χ0n) is 72.9. The normalized spacial score (nSPS) is 14.1. The van der Waals surface area contributed by atoms with Crippen LogP contribution in [0.3, 0.4) is 0 Å². The van der Waals surface area contributed by atoms with Crippen LogP contribution in [-0.4, -0.2) is 11.3 Å². The molecule has 17 aromatic carbocycles. The molecule has 0 spiro atoms. The fraction of sp³-hybridized carbons (Fsp3) is 0.0811. The fourth-order valence-electron chi connectivity index (χ4n) is 18.9. The van der Waals surface area contributed by atoms with E-state index in [-0.39, 0.29) is 32.6 Å². The number of benzene rings is 17. The summed E-state index contributed by atoms with van der Waals surface area (Å²) in [5.74, 6) is 0. The van der Waals surface area contributed by atoms with Gasteiger partial charge in [0.1, 0.15) is 0 Å². The highest BCUT2D eigenvalue weighted by Gasteiger charge is 2.50. The number of aromatic nitrogens is 1. The largest absolute Gasteiger partial charge is 0.310 e. The van der Waals surface area contributed by atoms with Crippen molar-refractivity contribution in [1.29, 1.82) is 0 Å². The van der Waals surface area contributed by atoms with E-state index in [1.807, 2.05) is 12.1 Å². The molecule has 0 fully saturated rings. The summed E-state index contributed by atoms with van der Waals surface area (Å²) < 4.78 is 80.5. The zero-order valence-corrected chi connectivity index (χ0v) is 64.9. The summed E-state index contributed by atoms with van der Waals surface area (Å²) in [5.41, 5.74) is 30.0. The molecule has 3 heterocycles. The van der Waals surface area contributed by atoms with Crippen LogP contribution in [0.25, 0.3) is 117 Å². The van der Waals surface area contributed by atoms with Crippen molar-refractivity contribution in [3.8, 4) is 94.7 Å². The highest BCUT2D eigenvalue weighted by Crippen LogP contribution is 2.61. The molecule has 3 nitrogen and oxygen atoms in total. The van der Waals surface area contributed by atoms with Crippen LogP contribution in [0, 0.1) is 0 Å². The Morgan fingerprint density at radius 3 is 1.23 bits per heavy atom. The first-order chi connectivity index (χ1) is 59.7. The van der Waals surface area contributed by atoms with Crippen molar-refractivity contribution in [3.05, 3.63) is 434 Å². The van der Waals surface area contributed by atoms with Gasteiger partial charge in [0.15, 0.2) is 0 Å². The second-order valence-corrected chi connectivity index (χ2v) is 32.8. The molecule has 0 N–H and O–H groups in total. The van der Waals surface area contributed by atoms with Crippen LogP contribution >= 0.6 is 0 Å². The van der Waals surface area contributed by atoms with Crippen LogP contribution in [0.15, 0.2) is 400 Å². The van der Waals surface area contributed by atoms with E-state index in [4.69, 9.17) is 0 Å². The summed E-state index contributed by atoms with van der Waals surface area (Å²) >= 11 is 0. The number of hydrogen-bond acceptors (Lipinski definition) is 2. The third-order valence-electron chi connectivity index (χ3n) is 24.2. The van der Waals surface area contributed by atoms with Crippen molar-refractivity contribution < 1.29 is 11.0 Å². The molecule has 3 aliphatic rings. The fourth-order valence-corrected chi connectivity index (χ4v) is 18.9. The number of para-hydroxylation sites is 3. The lowest BCUT2D eigenvalue weighted by Gasteiger charge is -2.46. The molecule has 0 atom stereocenters. The highest BCUT2D eigenvalue weighted by molar-refractivity contribution is 7.00. The minimum atomic E-state index is -0.813. The van der Waals surface area contributed by atoms with Gasteiger partial charge in [0.05, 0.1) is 44.5 Å². The SMILES string of the molecule is [2H]c1c([2H])c([2H])c2c(c1[2H])c1c([2H])c([2H])c([2H])c([2H])c1n2-c1cc2c3c(c1)N(c1c(-c4ccccc4)cc(-c4ccccc4)cc1-c1ccccc1)c1cc(-c4cccc5c4C(c4ccccc4)(c4ccccc4)c4ccccc4-5)ccc1B3c1cc(-c3cc(C(C)(C)C)cc(C(C)(C)C)c3)ccc1N2c1c(-c2ccccc2)cccc1-c1ccccc1. The Morgan fingerprint density at radius 2 is 0.704 bits per heavy atom. The Hall–Kier alpha value is -13.8. The van der Waals surface area contributed by atoms with Crippen molar-refractivity contribution in [3.63, 3.8) is 0 Å². The Morgan fingerprint density at radius 1 is 0.287 bits per heavy atom. The minimum absolute atomic E-state index is 0.00679. The van der Waals surface area contributed by atoms with E-state index in [1.165, 1.54) is 16.7 Å². The minimum Gasteiger partial charge on any atom is -0.310 e. The molecular formula is C111H84BN3. The van der Waals surface area contributed by atoms with Gasteiger partial charge < -0.3 is 14.4 Å². The van der Waals surface area contributed by atoms with Gasteiger partial charge in [-0.05, 0) is 176 Å². The van der Waals surface area contributed by atoms with Gasteiger partial charge in [-0.25, -0.2) is 0 Å². The number of rotatable bonds is 12. The molecule has 1 aromatic heterocycles. The van der Waals surface area contributed by atoms with Gasteiger partial charge >= 0.3 is 0 Å². The third-order valence-corrected chi connectivity index (χ3v) is 24.2. The molecule has 0 saturated carbocycles. The first kappa shape index (κ1) is 60.9. The molecule has 0 radical (unpaired) electrons. The van der Waals surface area contributed by atoms with Gasteiger partial charge in [0, 0.05) is 55.8 Å². The summed E-state index contributed by atoms with van der Waals surface area (Å²) in [7, 11) is 0. The van der Waals surface area contributed by atoms with Gasteiger partial charge in [0.2, 0.25) is 0 Å². The quantitative estimate of drug-likeness (QED) is 0.113. The molecule has 2 aliphatic heterocycles. The van der Waals surface area contributed by atoms with Crippen molar-refractivity contribution in [2.75, 3.05) is 9.80 Å². The molecule has 0 unspecified atom stereocenters. The summed E-state index contributed by atoms with van der Waals surface area (Å²) in [6.45, 7) is 13.2. The van der Waals surface area contributed by atoms with E-state index in [0.29, 0.717) is 11.4 Å². The van der Waals surface area contributed by atoms with Gasteiger partial charge in [-0.2, -0.15) is 0 Å². The van der Waals surface area contributed by atoms with E-state index in [1.54, 1.807) is 4.57 Å². The van der Waals surface area contributed by atoms with Gasteiger partial charge in [-0.1, -0.05) is 393 Å². The Labute approximate surface area is 686 Å². The zero-order chi connectivity index (χ0) is 84.2. The van der Waals surface area contributed by atoms with Crippen LogP contribution in [0.1, 0.15) is 85.9 Å². The van der Waals surface area contributed by atoms with Crippen molar-refractivity contribution in [1.82, 2.24) is 4.57 Å². The van der Waals surface area contributed by atoms with Gasteiger partial charge in [0.25, 0.3) is 6.71 Å². The van der Waals surface area contributed by atoms with Gasteiger partial charge in [-0.3, -0.25) is 0 Å². The van der Waals surface area contributed by atoms with E-state index >= 15 is 0 Å². The van der Waals surface area contributed by atoms with Crippen LogP contribution in [0.2, 0.25) is 0 Å². The first-order valence-electron chi connectivity index (χ1n) is 43.8. The van der Waals surface area contributed by atoms with Gasteiger partial charge in [-0.15, -0.1) is 0 Å². The third kappa shape index (κ3) is 11.2. The number of anilines is 6. The molecule has 18 aromatic rings. The number of nitrogens with zero attached hydrogens (tertiary/aromatic N) is 3. The molecule has 0 bridgehead atoms. The molecule has 1 aliphatic carbocycles. The second kappa shape index (κ2) is 27.3. The smallest absolute Gasteiger partial charge is 0.252 e. The maximum absolute atomic E-state index is 10.3. The number of fused-ring (bicyclic) bond motifs is 10. The topological polar surface area (TPSA) is 11.4 Å². The number of hydrogen-bond donors (Lipinski definition) is 0. The van der Waals surface area contributed by atoms with Crippen LogP contribution in [0.4, 0.5) is 34.1 Å². The van der Waals surface area contributed by atoms with Crippen molar-refractivity contribution in [2.24, 2.45) is 0 Å². The average molecular weight is 1480 g/mol. The predicted octanol–water partition coefficient (Wildman–Crippen LogP) is 27.5. The Balaban J connectivity index is 0.993. The summed E-state index contributed by atoms with van der Waals surface area (Å²) in [6, 6.07) is 124. The molecule has 115 heavy (non-hydrogen) atoms. The summed E-state index contributed by atoms with van der Waals surface area (Å²) in [4.78, 5) is 4.93. The molecular weight excluding hydrogens is 1390 g/mol. The van der Waals surface area contributed by atoms with E-state index in [9.17, 15) is 11.0 Å². The van der Waals surface area contributed by atoms with Crippen molar-refractivity contribution >= 4 is 79.0 Å². The van der Waals surface area contributed by atoms with E-state index in [0.717, 1.165) is 151 Å². The van der Waals surface area contributed by atoms with E-state index < -0.39 is 60.5 Å². The molecule has 546 valence electrons. The standard InChI is InChI=1S/C111H84BN3/c1-109(2,3)84-64-80(65-85(70-84)110(4,5)6)78-61-63-101-98(68-78)112-97-62-60-79(87-53-34-56-93-90-50-28-31-57-96(90)111(105(87)93,82-46-24-12-25-47-82)83-48-26-13-27-49-83)69-102(97)115(108-94(76-42-20-10-21-43-76)66-81(73-36-14-7-15-37-73)67-95(108)77-44-22-11-23-45-77)104-72-86(113-99-58-32-29-51-91(99)92-52-30-33-59-100(92)113)71-103(106(104)112)114(101)107-88(74-38-16-8-17-39-74)54-35-55-89(107)75-40-18-9-19-41-75/h7-72H,1-6H3/i29D,30D,32D,33D,51D,52D,58D,59D. The maximum Gasteiger partial charge on any atom is 0.252 e. The molecule has 0 saturated heterocycles.